The van der Waals surface area contributed by atoms with Crippen LogP contribution in [-0.2, 0) is 4.79 Å². The number of ether oxygens (including phenoxy) is 1. The Morgan fingerprint density at radius 2 is 2.28 bits per heavy atom. The molecule has 2 N–H and O–H groups in total. The van der Waals surface area contributed by atoms with Gasteiger partial charge in [-0.3, -0.25) is 10.1 Å². The molecule has 0 aliphatic carbocycles. The van der Waals surface area contributed by atoms with Crippen molar-refractivity contribution in [3.8, 4) is 5.75 Å². The summed E-state index contributed by atoms with van der Waals surface area (Å²) in [6.07, 6.45) is 0. The number of thioether (sulfide) groups is 1. The zero-order valence-corrected chi connectivity index (χ0v) is 12.2. The number of rotatable bonds is 5. The van der Waals surface area contributed by atoms with Crippen molar-refractivity contribution in [1.29, 1.82) is 0 Å². The molecule has 18 heavy (non-hydrogen) atoms. The summed E-state index contributed by atoms with van der Waals surface area (Å²) in [4.78, 5) is 11.7. The molecule has 0 aromatic heterocycles. The van der Waals surface area contributed by atoms with Gasteiger partial charge in [0.25, 0.3) is 0 Å². The minimum atomic E-state index is -0.0531. The van der Waals surface area contributed by atoms with Gasteiger partial charge in [0.2, 0.25) is 5.91 Å². The second kappa shape index (κ2) is 7.01. The smallest absolute Gasteiger partial charge is 0.238 e. The van der Waals surface area contributed by atoms with E-state index < -0.39 is 0 Å². The molecule has 0 radical (unpaired) electrons. The van der Waals surface area contributed by atoms with Gasteiger partial charge >= 0.3 is 0 Å². The summed E-state index contributed by atoms with van der Waals surface area (Å²) in [7, 11) is 0. The predicted molar refractivity (Wildman–Crippen MR) is 76.9 cm³/mol. The van der Waals surface area contributed by atoms with Crippen LogP contribution in [0.1, 0.15) is 0 Å². The van der Waals surface area contributed by atoms with Crippen LogP contribution in [0.25, 0.3) is 0 Å². The van der Waals surface area contributed by atoms with Crippen LogP contribution < -0.4 is 15.4 Å². The van der Waals surface area contributed by atoms with Crippen molar-refractivity contribution >= 4 is 33.6 Å². The number of hydrogen-bond donors (Lipinski definition) is 2. The number of halogens is 1. The summed E-state index contributed by atoms with van der Waals surface area (Å²) in [5, 5.41) is 5.98. The molecule has 1 fully saturated rings. The van der Waals surface area contributed by atoms with E-state index in [0.717, 1.165) is 21.9 Å². The van der Waals surface area contributed by atoms with Gasteiger partial charge in [-0.05, 0) is 24.3 Å². The normalized spacial score (nSPS) is 18.6. The highest BCUT2D eigenvalue weighted by atomic mass is 79.9. The van der Waals surface area contributed by atoms with Crippen LogP contribution in [0.5, 0.6) is 5.75 Å². The Labute approximate surface area is 119 Å². The molecule has 1 saturated heterocycles. The monoisotopic (exact) mass is 330 g/mol. The summed E-state index contributed by atoms with van der Waals surface area (Å²) >= 11 is 5.10. The van der Waals surface area contributed by atoms with E-state index in [1.54, 1.807) is 11.8 Å². The van der Waals surface area contributed by atoms with E-state index in [1.807, 2.05) is 24.3 Å². The molecule has 1 aliphatic rings. The van der Waals surface area contributed by atoms with E-state index in [4.69, 9.17) is 4.74 Å². The maximum atomic E-state index is 11.7. The van der Waals surface area contributed by atoms with Gasteiger partial charge in [0.05, 0.1) is 12.6 Å². The quantitative estimate of drug-likeness (QED) is 0.805. The largest absolute Gasteiger partial charge is 0.492 e. The minimum absolute atomic E-state index is 0.0531. The zero-order chi connectivity index (χ0) is 12.8. The van der Waals surface area contributed by atoms with Gasteiger partial charge in [-0.1, -0.05) is 15.9 Å². The molecule has 1 aromatic carbocycles. The number of hydrogen-bond acceptors (Lipinski definition) is 4. The molecule has 1 amide bonds. The number of carbonyl (C=O) groups is 1. The highest BCUT2D eigenvalue weighted by molar-refractivity contribution is 9.10. The average Bonchev–Trinajstić information content (AvgIpc) is 2.90. The van der Waals surface area contributed by atoms with Crippen LogP contribution in [0.4, 0.5) is 0 Å². The third kappa shape index (κ3) is 4.19. The Balaban J connectivity index is 1.63. The van der Waals surface area contributed by atoms with Gasteiger partial charge in [-0.25, -0.2) is 0 Å². The lowest BCUT2D eigenvalue weighted by Gasteiger charge is -2.11. The fourth-order valence-electron chi connectivity index (χ4n) is 1.56. The van der Waals surface area contributed by atoms with Crippen molar-refractivity contribution in [3.05, 3.63) is 28.7 Å². The highest BCUT2D eigenvalue weighted by Crippen LogP contribution is 2.15. The predicted octanol–water partition coefficient (Wildman–Crippen LogP) is 1.61. The first-order chi connectivity index (χ1) is 8.75. The topological polar surface area (TPSA) is 50.4 Å². The van der Waals surface area contributed by atoms with Gasteiger partial charge < -0.3 is 10.1 Å². The molecule has 0 bridgehead atoms. The molecule has 1 aromatic rings. The highest BCUT2D eigenvalue weighted by Gasteiger charge is 2.21. The number of benzene rings is 1. The third-order valence-electron chi connectivity index (χ3n) is 2.52. The molecule has 98 valence electrons. The van der Waals surface area contributed by atoms with E-state index in [-0.39, 0.29) is 11.9 Å². The Kier molecular flexibility index (Phi) is 5.34. The van der Waals surface area contributed by atoms with Crippen LogP contribution in [0.2, 0.25) is 0 Å². The van der Waals surface area contributed by atoms with Crippen LogP contribution in [0, 0.1) is 0 Å². The molecular formula is C12H15BrN2O2S. The molecule has 4 nitrogen and oxygen atoms in total. The van der Waals surface area contributed by atoms with Crippen molar-refractivity contribution < 1.29 is 9.53 Å². The molecule has 1 heterocycles. The molecule has 0 spiro atoms. The van der Waals surface area contributed by atoms with Gasteiger partial charge in [0, 0.05) is 16.1 Å². The van der Waals surface area contributed by atoms with E-state index >= 15 is 0 Å². The molecule has 1 unspecified atom stereocenters. The van der Waals surface area contributed by atoms with Crippen LogP contribution in [0.15, 0.2) is 28.7 Å². The summed E-state index contributed by atoms with van der Waals surface area (Å²) < 4.78 is 6.53. The van der Waals surface area contributed by atoms with Crippen molar-refractivity contribution in [2.24, 2.45) is 0 Å². The van der Waals surface area contributed by atoms with Crippen LogP contribution >= 0.6 is 27.7 Å². The Morgan fingerprint density at radius 3 is 2.94 bits per heavy atom. The van der Waals surface area contributed by atoms with Crippen molar-refractivity contribution in [3.63, 3.8) is 0 Å². The van der Waals surface area contributed by atoms with Gasteiger partial charge in [0.1, 0.15) is 12.4 Å². The number of nitrogens with one attached hydrogen (secondary N) is 2. The number of carbonyl (C=O) groups excluding carboxylic acids is 1. The standard InChI is InChI=1S/C12H15BrN2O2S/c13-9-1-3-10(4-2-9)17-6-5-14-12(16)11-7-18-8-15-11/h1-4,11,15H,5-8H2,(H,14,16). The van der Waals surface area contributed by atoms with E-state index in [9.17, 15) is 4.79 Å². The molecule has 2 rings (SSSR count). The second-order valence-corrected chi connectivity index (χ2v) is 5.81. The van der Waals surface area contributed by atoms with Gasteiger partial charge in [0.15, 0.2) is 0 Å². The van der Waals surface area contributed by atoms with Crippen molar-refractivity contribution in [1.82, 2.24) is 10.6 Å². The SMILES string of the molecule is O=C(NCCOc1ccc(Br)cc1)C1CSCN1. The Bertz CT molecular complexity index is 394. The first-order valence-electron chi connectivity index (χ1n) is 5.73. The van der Waals surface area contributed by atoms with Crippen molar-refractivity contribution in [2.75, 3.05) is 24.8 Å². The summed E-state index contributed by atoms with van der Waals surface area (Å²) in [6.45, 7) is 1.00. The second-order valence-electron chi connectivity index (χ2n) is 3.87. The fraction of sp³-hybridized carbons (Fsp3) is 0.417. The van der Waals surface area contributed by atoms with Gasteiger partial charge in [-0.15, -0.1) is 11.8 Å². The molecule has 1 atom stereocenters. The first kappa shape index (κ1) is 13.7. The molecular weight excluding hydrogens is 316 g/mol. The summed E-state index contributed by atoms with van der Waals surface area (Å²) in [5.41, 5.74) is 0. The zero-order valence-electron chi connectivity index (χ0n) is 9.82. The van der Waals surface area contributed by atoms with E-state index in [1.165, 1.54) is 0 Å². The number of amides is 1. The fourth-order valence-corrected chi connectivity index (χ4v) is 2.77. The van der Waals surface area contributed by atoms with Crippen LogP contribution in [-0.4, -0.2) is 36.7 Å². The van der Waals surface area contributed by atoms with Crippen molar-refractivity contribution in [2.45, 2.75) is 6.04 Å². The lowest BCUT2D eigenvalue weighted by Crippen LogP contribution is -2.43. The lowest BCUT2D eigenvalue weighted by atomic mass is 10.3. The summed E-state index contributed by atoms with van der Waals surface area (Å²) in [5.74, 6) is 2.56. The van der Waals surface area contributed by atoms with E-state index in [2.05, 4.69) is 26.6 Å². The van der Waals surface area contributed by atoms with E-state index in [0.29, 0.717) is 13.2 Å². The minimum Gasteiger partial charge on any atom is -0.492 e. The molecule has 0 saturated carbocycles. The Morgan fingerprint density at radius 1 is 1.50 bits per heavy atom. The first-order valence-corrected chi connectivity index (χ1v) is 7.68. The summed E-state index contributed by atoms with van der Waals surface area (Å²) in [6, 6.07) is 7.58. The molecule has 1 aliphatic heterocycles. The third-order valence-corrected chi connectivity index (χ3v) is 3.98. The molecule has 6 heteroatoms. The lowest BCUT2D eigenvalue weighted by molar-refractivity contribution is -0.122. The Hall–Kier alpha value is -0.720. The maximum Gasteiger partial charge on any atom is 0.238 e. The van der Waals surface area contributed by atoms with Gasteiger partial charge in [-0.2, -0.15) is 0 Å². The maximum absolute atomic E-state index is 11.7. The average molecular weight is 331 g/mol. The van der Waals surface area contributed by atoms with Crippen LogP contribution in [0.3, 0.4) is 0 Å².